The van der Waals surface area contributed by atoms with Gasteiger partial charge in [0.2, 0.25) is 5.91 Å². The maximum atomic E-state index is 13.5. The van der Waals surface area contributed by atoms with Crippen molar-refractivity contribution in [1.29, 1.82) is 0 Å². The van der Waals surface area contributed by atoms with Gasteiger partial charge in [0, 0.05) is 18.0 Å². The van der Waals surface area contributed by atoms with Crippen molar-refractivity contribution in [3.63, 3.8) is 0 Å². The first-order valence-electron chi connectivity index (χ1n) is 12.0. The van der Waals surface area contributed by atoms with Gasteiger partial charge in [-0.3, -0.25) is 14.2 Å². The Bertz CT molecular complexity index is 1190. The maximum Gasteiger partial charge on any atom is 0.263 e. The van der Waals surface area contributed by atoms with Crippen molar-refractivity contribution in [2.75, 3.05) is 13.7 Å². The Morgan fingerprint density at radius 3 is 2.76 bits per heavy atom. The molecule has 0 bridgehead atoms. The second-order valence-electron chi connectivity index (χ2n) is 8.93. The number of amides is 1. The minimum atomic E-state index is -0.369. The summed E-state index contributed by atoms with van der Waals surface area (Å²) in [6.07, 6.45) is 6.04. The number of methoxy groups -OCH3 is 1. The molecule has 0 saturated heterocycles. The number of carbonyl (C=O) groups is 1. The number of hydrogen-bond acceptors (Lipinski definition) is 6. The summed E-state index contributed by atoms with van der Waals surface area (Å²) in [7, 11) is 1.63. The van der Waals surface area contributed by atoms with Gasteiger partial charge in [0.25, 0.3) is 5.56 Å². The zero-order valence-corrected chi connectivity index (χ0v) is 21.8. The lowest BCUT2D eigenvalue weighted by atomic mass is 9.97. The molecule has 0 aliphatic heterocycles. The molecule has 34 heavy (non-hydrogen) atoms. The van der Waals surface area contributed by atoms with E-state index in [0.29, 0.717) is 18.3 Å². The Kier molecular flexibility index (Phi) is 8.45. The number of nitrogens with zero attached hydrogens (tertiary/aromatic N) is 2. The van der Waals surface area contributed by atoms with Crippen molar-refractivity contribution in [2.24, 2.45) is 0 Å². The molecule has 1 aliphatic carbocycles. The van der Waals surface area contributed by atoms with Crippen molar-refractivity contribution in [3.8, 4) is 0 Å². The van der Waals surface area contributed by atoms with Gasteiger partial charge in [-0.25, -0.2) is 4.98 Å². The minimum Gasteiger partial charge on any atom is -0.383 e. The molecule has 0 fully saturated rings. The number of aromatic nitrogens is 2. The molecule has 1 amide bonds. The Morgan fingerprint density at radius 2 is 2.00 bits per heavy atom. The number of aryl methyl sites for hydroxylation is 3. The molecule has 2 aromatic heterocycles. The smallest absolute Gasteiger partial charge is 0.263 e. The van der Waals surface area contributed by atoms with Crippen LogP contribution in [0, 0.1) is 0 Å². The molecular formula is C26H33N3O3S2. The normalized spacial score (nSPS) is 15.1. The number of thiophene rings is 1. The third kappa shape index (κ3) is 5.73. The van der Waals surface area contributed by atoms with Gasteiger partial charge >= 0.3 is 0 Å². The number of rotatable bonds is 10. The highest BCUT2D eigenvalue weighted by Crippen LogP contribution is 2.35. The fraction of sp³-hybridized carbons (Fsp3) is 0.500. The standard InChI is InChI=1S/C26H33N3O3S2/c1-17(13-14-19-9-5-4-6-10-19)27-23(30)18(2)33-26-28-24-22(25(31)29(26)15-16-32-3)20-11-7-8-12-21(20)34-24/h4-6,9-10,17-18H,7-8,11-16H2,1-3H3,(H,27,30)/t17-,18-/m1/s1. The zero-order chi connectivity index (χ0) is 24.1. The predicted molar refractivity (Wildman–Crippen MR) is 140 cm³/mol. The number of carbonyl (C=O) groups excluding carboxylic acids is 1. The van der Waals surface area contributed by atoms with Gasteiger partial charge in [0.05, 0.1) is 23.8 Å². The molecule has 3 aromatic rings. The van der Waals surface area contributed by atoms with E-state index in [0.717, 1.165) is 42.3 Å². The average Bonchev–Trinajstić information content (AvgIpc) is 3.21. The van der Waals surface area contributed by atoms with Crippen LogP contribution in [0.15, 0.2) is 40.3 Å². The zero-order valence-electron chi connectivity index (χ0n) is 20.1. The van der Waals surface area contributed by atoms with Gasteiger partial charge in [-0.05, 0) is 63.5 Å². The molecule has 4 rings (SSSR count). The largest absolute Gasteiger partial charge is 0.383 e. The Balaban J connectivity index is 1.49. The third-order valence-corrected chi connectivity index (χ3v) is 8.58. The number of thioether (sulfide) groups is 1. The molecule has 1 aliphatic rings. The summed E-state index contributed by atoms with van der Waals surface area (Å²) in [6.45, 7) is 4.75. The van der Waals surface area contributed by atoms with Crippen molar-refractivity contribution < 1.29 is 9.53 Å². The highest BCUT2D eigenvalue weighted by atomic mass is 32.2. The molecule has 0 radical (unpaired) electrons. The van der Waals surface area contributed by atoms with Crippen molar-refractivity contribution in [3.05, 3.63) is 56.7 Å². The second-order valence-corrected chi connectivity index (χ2v) is 11.3. The van der Waals surface area contributed by atoms with E-state index in [1.807, 2.05) is 32.0 Å². The van der Waals surface area contributed by atoms with Crippen LogP contribution >= 0.6 is 23.1 Å². The van der Waals surface area contributed by atoms with Crippen LogP contribution in [0.1, 0.15) is 49.1 Å². The van der Waals surface area contributed by atoms with Crippen LogP contribution in [-0.4, -0.2) is 40.5 Å². The maximum absolute atomic E-state index is 13.5. The van der Waals surface area contributed by atoms with Gasteiger partial charge in [-0.1, -0.05) is 42.1 Å². The summed E-state index contributed by atoms with van der Waals surface area (Å²) >= 11 is 2.99. The molecule has 2 heterocycles. The van der Waals surface area contributed by atoms with Gasteiger partial charge < -0.3 is 10.1 Å². The van der Waals surface area contributed by atoms with Crippen LogP contribution < -0.4 is 10.9 Å². The van der Waals surface area contributed by atoms with Gasteiger partial charge in [0.15, 0.2) is 5.16 Å². The lowest BCUT2D eigenvalue weighted by Gasteiger charge is -2.19. The Labute approximate surface area is 209 Å². The summed E-state index contributed by atoms with van der Waals surface area (Å²) in [5.41, 5.74) is 2.45. The number of nitrogens with one attached hydrogen (secondary N) is 1. The molecule has 2 atom stereocenters. The predicted octanol–water partition coefficient (Wildman–Crippen LogP) is 4.60. The van der Waals surface area contributed by atoms with E-state index >= 15 is 0 Å². The second kappa shape index (κ2) is 11.5. The van der Waals surface area contributed by atoms with E-state index in [9.17, 15) is 9.59 Å². The number of fused-ring (bicyclic) bond motifs is 3. The summed E-state index contributed by atoms with van der Waals surface area (Å²) < 4.78 is 6.95. The first kappa shape index (κ1) is 24.9. The van der Waals surface area contributed by atoms with Gasteiger partial charge in [0.1, 0.15) is 4.83 Å². The van der Waals surface area contributed by atoms with Crippen molar-refractivity contribution in [2.45, 2.75) is 75.4 Å². The molecular weight excluding hydrogens is 466 g/mol. The Hall–Kier alpha value is -2.16. The fourth-order valence-electron chi connectivity index (χ4n) is 4.36. The molecule has 0 saturated carbocycles. The van der Waals surface area contributed by atoms with E-state index in [-0.39, 0.29) is 22.8 Å². The SMILES string of the molecule is COCCn1c(S[C@H](C)C(=O)N[C@H](C)CCc2ccccc2)nc2sc3c(c2c1=O)CCCC3. The van der Waals surface area contributed by atoms with E-state index in [1.165, 1.54) is 34.2 Å². The average molecular weight is 500 g/mol. The molecule has 0 unspecified atom stereocenters. The van der Waals surface area contributed by atoms with Gasteiger partial charge in [-0.2, -0.15) is 0 Å². The molecule has 182 valence electrons. The molecule has 1 N–H and O–H groups in total. The summed E-state index contributed by atoms with van der Waals surface area (Å²) in [6, 6.07) is 10.4. The lowest BCUT2D eigenvalue weighted by Crippen LogP contribution is -2.38. The third-order valence-electron chi connectivity index (χ3n) is 6.31. The molecule has 1 aromatic carbocycles. The van der Waals surface area contributed by atoms with Crippen LogP contribution in [0.2, 0.25) is 0 Å². The monoisotopic (exact) mass is 499 g/mol. The first-order valence-corrected chi connectivity index (χ1v) is 13.7. The van der Waals surface area contributed by atoms with E-state index in [4.69, 9.17) is 9.72 Å². The van der Waals surface area contributed by atoms with Crippen LogP contribution in [0.4, 0.5) is 0 Å². The fourth-order valence-corrected chi connectivity index (χ4v) is 6.61. The molecule has 0 spiro atoms. The van der Waals surface area contributed by atoms with Crippen LogP contribution in [0.3, 0.4) is 0 Å². The van der Waals surface area contributed by atoms with E-state index in [1.54, 1.807) is 23.0 Å². The lowest BCUT2D eigenvalue weighted by molar-refractivity contribution is -0.120. The van der Waals surface area contributed by atoms with Crippen molar-refractivity contribution >= 4 is 39.2 Å². The van der Waals surface area contributed by atoms with Crippen LogP contribution in [-0.2, 0) is 35.3 Å². The number of hydrogen-bond donors (Lipinski definition) is 1. The highest BCUT2D eigenvalue weighted by molar-refractivity contribution is 8.00. The number of benzene rings is 1. The van der Waals surface area contributed by atoms with Gasteiger partial charge in [-0.15, -0.1) is 11.3 Å². The highest BCUT2D eigenvalue weighted by Gasteiger charge is 2.24. The molecule has 6 nitrogen and oxygen atoms in total. The minimum absolute atomic E-state index is 0.00668. The topological polar surface area (TPSA) is 73.2 Å². The quantitative estimate of drug-likeness (QED) is 0.326. The molecule has 8 heteroatoms. The summed E-state index contributed by atoms with van der Waals surface area (Å²) in [5.74, 6) is -0.0383. The number of ether oxygens (including phenoxy) is 1. The van der Waals surface area contributed by atoms with Crippen LogP contribution in [0.5, 0.6) is 0 Å². The van der Waals surface area contributed by atoms with E-state index in [2.05, 4.69) is 17.4 Å². The van der Waals surface area contributed by atoms with Crippen molar-refractivity contribution in [1.82, 2.24) is 14.9 Å². The summed E-state index contributed by atoms with van der Waals surface area (Å²) in [5, 5.41) is 4.12. The summed E-state index contributed by atoms with van der Waals surface area (Å²) in [4.78, 5) is 33.4. The van der Waals surface area contributed by atoms with E-state index < -0.39 is 0 Å². The Morgan fingerprint density at radius 1 is 1.24 bits per heavy atom. The van der Waals surface area contributed by atoms with Crippen LogP contribution in [0.25, 0.3) is 10.2 Å². The first-order chi connectivity index (χ1) is 16.5.